The molecule has 0 aliphatic heterocycles. The molecule has 1 aromatic heterocycles. The van der Waals surface area contributed by atoms with E-state index in [2.05, 4.69) is 16.8 Å². The third-order valence-electron chi connectivity index (χ3n) is 3.69. The van der Waals surface area contributed by atoms with Crippen LogP contribution in [0, 0.1) is 0 Å². The van der Waals surface area contributed by atoms with E-state index >= 15 is 0 Å². The molecule has 0 bridgehead atoms. The third-order valence-corrected chi connectivity index (χ3v) is 4.62. The first-order chi connectivity index (χ1) is 11.1. The smallest absolute Gasteiger partial charge is 0.220 e. The summed E-state index contributed by atoms with van der Waals surface area (Å²) in [6, 6.07) is 9.61. The Kier molecular flexibility index (Phi) is 6.47. The minimum absolute atomic E-state index is 0.0546. The number of thiophene rings is 1. The van der Waals surface area contributed by atoms with Crippen molar-refractivity contribution in [3.8, 4) is 11.5 Å². The fraction of sp³-hybridized carbons (Fsp3) is 0.389. The lowest BCUT2D eigenvalue weighted by Gasteiger charge is -2.18. The average molecular weight is 333 g/mol. The highest BCUT2D eigenvalue weighted by Crippen LogP contribution is 2.29. The van der Waals surface area contributed by atoms with E-state index in [0.717, 1.165) is 29.9 Å². The maximum Gasteiger partial charge on any atom is 0.220 e. The van der Waals surface area contributed by atoms with E-state index in [9.17, 15) is 4.79 Å². The van der Waals surface area contributed by atoms with E-state index < -0.39 is 0 Å². The maximum atomic E-state index is 12.1. The predicted molar refractivity (Wildman–Crippen MR) is 93.4 cm³/mol. The highest BCUT2D eigenvalue weighted by atomic mass is 32.1. The molecule has 0 aliphatic rings. The highest BCUT2D eigenvalue weighted by molar-refractivity contribution is 7.09. The number of nitrogens with one attached hydrogen (secondary N) is 1. The molecule has 0 saturated carbocycles. The monoisotopic (exact) mass is 333 g/mol. The lowest BCUT2D eigenvalue weighted by atomic mass is 10.1. The quantitative estimate of drug-likeness (QED) is 0.795. The molecule has 0 fully saturated rings. The molecule has 0 unspecified atom stereocenters. The molecule has 23 heavy (non-hydrogen) atoms. The summed E-state index contributed by atoms with van der Waals surface area (Å²) in [5.74, 6) is 1.55. The Balaban J connectivity index is 1.90. The first kappa shape index (κ1) is 17.3. The van der Waals surface area contributed by atoms with Crippen molar-refractivity contribution in [3.05, 3.63) is 46.2 Å². The molecule has 1 N–H and O–H groups in total. The average Bonchev–Trinajstić information content (AvgIpc) is 3.07. The number of methoxy groups -OCH3 is 2. The molecule has 1 heterocycles. The molecule has 0 spiro atoms. The van der Waals surface area contributed by atoms with Gasteiger partial charge in [-0.05, 0) is 49.4 Å². The zero-order valence-corrected chi connectivity index (χ0v) is 14.6. The first-order valence-electron chi connectivity index (χ1n) is 7.67. The summed E-state index contributed by atoms with van der Waals surface area (Å²) >= 11 is 1.73. The number of carbonyl (C=O) groups is 1. The molecule has 0 aliphatic carbocycles. The highest BCUT2D eigenvalue weighted by Gasteiger charge is 2.15. The maximum absolute atomic E-state index is 12.1. The minimum atomic E-state index is -0.130. The minimum Gasteiger partial charge on any atom is -0.497 e. The molecule has 0 saturated heterocycles. The van der Waals surface area contributed by atoms with Gasteiger partial charge in [-0.3, -0.25) is 4.79 Å². The molecule has 0 radical (unpaired) electrons. The Morgan fingerprint density at radius 2 is 2.09 bits per heavy atom. The largest absolute Gasteiger partial charge is 0.497 e. The van der Waals surface area contributed by atoms with Gasteiger partial charge in [0.1, 0.15) is 11.5 Å². The van der Waals surface area contributed by atoms with Crippen LogP contribution in [-0.4, -0.2) is 20.1 Å². The van der Waals surface area contributed by atoms with Crippen LogP contribution in [0.3, 0.4) is 0 Å². The van der Waals surface area contributed by atoms with E-state index in [1.165, 1.54) is 4.88 Å². The lowest BCUT2D eigenvalue weighted by Crippen LogP contribution is -2.26. The summed E-state index contributed by atoms with van der Waals surface area (Å²) in [7, 11) is 3.25. The van der Waals surface area contributed by atoms with Gasteiger partial charge in [0.05, 0.1) is 20.3 Å². The third kappa shape index (κ3) is 4.99. The van der Waals surface area contributed by atoms with E-state index in [4.69, 9.17) is 9.47 Å². The van der Waals surface area contributed by atoms with Crippen molar-refractivity contribution >= 4 is 17.2 Å². The van der Waals surface area contributed by atoms with Crippen LogP contribution in [0.4, 0.5) is 0 Å². The van der Waals surface area contributed by atoms with E-state index in [1.807, 2.05) is 31.2 Å². The summed E-state index contributed by atoms with van der Waals surface area (Å²) in [5, 5.41) is 5.09. The van der Waals surface area contributed by atoms with Gasteiger partial charge in [-0.1, -0.05) is 6.07 Å². The first-order valence-corrected chi connectivity index (χ1v) is 8.55. The number of hydrogen-bond acceptors (Lipinski definition) is 4. The number of rotatable bonds is 8. The van der Waals surface area contributed by atoms with Crippen molar-refractivity contribution < 1.29 is 14.3 Å². The van der Waals surface area contributed by atoms with Crippen molar-refractivity contribution in [3.63, 3.8) is 0 Å². The van der Waals surface area contributed by atoms with Crippen LogP contribution in [-0.2, 0) is 11.2 Å². The zero-order valence-electron chi connectivity index (χ0n) is 13.8. The van der Waals surface area contributed by atoms with Gasteiger partial charge in [0.15, 0.2) is 0 Å². The van der Waals surface area contributed by atoms with Gasteiger partial charge < -0.3 is 14.8 Å². The molecular weight excluding hydrogens is 310 g/mol. The Labute approximate surface area is 141 Å². The number of amides is 1. The summed E-state index contributed by atoms with van der Waals surface area (Å²) in [5.41, 5.74) is 0.915. The molecular formula is C18H23NO3S. The lowest BCUT2D eigenvalue weighted by molar-refractivity contribution is -0.121. The van der Waals surface area contributed by atoms with Crippen molar-refractivity contribution in [1.82, 2.24) is 5.32 Å². The molecule has 2 aromatic rings. The van der Waals surface area contributed by atoms with Gasteiger partial charge in [-0.2, -0.15) is 0 Å². The van der Waals surface area contributed by atoms with Gasteiger partial charge in [-0.15, -0.1) is 11.3 Å². The fourth-order valence-electron chi connectivity index (χ4n) is 2.45. The molecule has 1 atom stereocenters. The van der Waals surface area contributed by atoms with Crippen molar-refractivity contribution in [2.45, 2.75) is 32.2 Å². The second kappa shape index (κ2) is 8.58. The van der Waals surface area contributed by atoms with E-state index in [0.29, 0.717) is 6.42 Å². The van der Waals surface area contributed by atoms with Crippen LogP contribution < -0.4 is 14.8 Å². The van der Waals surface area contributed by atoms with Gasteiger partial charge in [0, 0.05) is 16.9 Å². The molecule has 2 rings (SSSR count). The van der Waals surface area contributed by atoms with Crippen LogP contribution in [0.15, 0.2) is 35.7 Å². The summed E-state index contributed by atoms with van der Waals surface area (Å²) in [6.07, 6.45) is 2.32. The zero-order chi connectivity index (χ0) is 16.7. The second-order valence-corrected chi connectivity index (χ2v) is 6.36. The molecule has 5 heteroatoms. The number of aryl methyl sites for hydroxylation is 1. The Bertz CT molecular complexity index is 625. The van der Waals surface area contributed by atoms with Crippen LogP contribution in [0.25, 0.3) is 0 Å². The molecule has 124 valence electrons. The number of benzene rings is 1. The van der Waals surface area contributed by atoms with Crippen LogP contribution in [0.2, 0.25) is 0 Å². The SMILES string of the molecule is COc1ccc(OC)c([C@@H](C)NC(=O)CCCc2cccs2)c1. The van der Waals surface area contributed by atoms with Gasteiger partial charge in [0.2, 0.25) is 5.91 Å². The molecule has 4 nitrogen and oxygen atoms in total. The number of carbonyl (C=O) groups excluding carboxylic acids is 1. The molecule has 1 amide bonds. The number of hydrogen-bond donors (Lipinski definition) is 1. The van der Waals surface area contributed by atoms with E-state index in [-0.39, 0.29) is 11.9 Å². The van der Waals surface area contributed by atoms with Gasteiger partial charge >= 0.3 is 0 Å². The van der Waals surface area contributed by atoms with Gasteiger partial charge in [-0.25, -0.2) is 0 Å². The predicted octanol–water partition coefficient (Wildman–Crippen LogP) is 3.97. The van der Waals surface area contributed by atoms with Gasteiger partial charge in [0.25, 0.3) is 0 Å². The van der Waals surface area contributed by atoms with Crippen molar-refractivity contribution in [2.24, 2.45) is 0 Å². The van der Waals surface area contributed by atoms with Crippen LogP contribution >= 0.6 is 11.3 Å². The molecule has 1 aromatic carbocycles. The summed E-state index contributed by atoms with van der Waals surface area (Å²) in [4.78, 5) is 13.4. The Morgan fingerprint density at radius 1 is 1.26 bits per heavy atom. The second-order valence-electron chi connectivity index (χ2n) is 5.33. The van der Waals surface area contributed by atoms with E-state index in [1.54, 1.807) is 25.6 Å². The topological polar surface area (TPSA) is 47.6 Å². The van der Waals surface area contributed by atoms with Crippen LogP contribution in [0.5, 0.6) is 11.5 Å². The van der Waals surface area contributed by atoms with Crippen LogP contribution in [0.1, 0.15) is 36.2 Å². The van der Waals surface area contributed by atoms with Crippen molar-refractivity contribution in [1.29, 1.82) is 0 Å². The summed E-state index contributed by atoms with van der Waals surface area (Å²) in [6.45, 7) is 1.95. The fourth-order valence-corrected chi connectivity index (χ4v) is 3.20. The Hall–Kier alpha value is -2.01. The summed E-state index contributed by atoms with van der Waals surface area (Å²) < 4.78 is 10.6. The number of ether oxygens (including phenoxy) is 2. The van der Waals surface area contributed by atoms with Crippen molar-refractivity contribution in [2.75, 3.05) is 14.2 Å². The normalized spacial score (nSPS) is 11.8. The Morgan fingerprint density at radius 3 is 2.74 bits per heavy atom. The standard InChI is InChI=1S/C18H23NO3S/c1-13(16-12-14(21-2)9-10-17(16)22-3)19-18(20)8-4-6-15-7-5-11-23-15/h5,7,9-13H,4,6,8H2,1-3H3,(H,19,20)/t13-/m1/s1.